The van der Waals surface area contributed by atoms with Crippen molar-refractivity contribution in [2.45, 2.75) is 248 Å². The molecule has 0 aliphatic carbocycles. The van der Waals surface area contributed by atoms with Gasteiger partial charge in [0.1, 0.15) is 73.3 Å². The maximum atomic E-state index is 15.2. The molecule has 0 saturated carbocycles. The second-order valence-corrected chi connectivity index (χ2v) is 27.6. The number of carbonyl (C=O) groups excluding carboxylic acids is 12. The minimum absolute atomic E-state index is 0.0124. The van der Waals surface area contributed by atoms with Gasteiger partial charge in [-0.05, 0) is 102 Å². The average molecular weight is 1280 g/mol. The van der Waals surface area contributed by atoms with Gasteiger partial charge in [-0.1, -0.05) is 103 Å². The average Bonchev–Trinajstić information content (AvgIpc) is 1.66. The van der Waals surface area contributed by atoms with Crippen molar-refractivity contribution in [3.8, 4) is 0 Å². The normalized spacial score (nSPS) is 26.1. The molecule has 0 aromatic carbocycles. The highest BCUT2D eigenvalue weighted by Crippen LogP contribution is 2.27. The summed E-state index contributed by atoms with van der Waals surface area (Å²) in [5.74, 6) is -9.90. The lowest BCUT2D eigenvalue weighted by molar-refractivity contribution is -0.157. The standard InChI is InChI=1S/C65H117N11O14/c1-25-27-28-42(13)54(79)53-58(83)68-45(26-2)60(85)70(18)36-50(78)71(19)49(35-65(16,17)90-32-31-77)57(82)69-51(40(9)10)63(88)72(20)46(30-29-37(3)4)56(81)66-43(14)55(80)67-44(15)59(84)73(21)47(33-38(5)6)61(86)74(22)48(34-39(7)8)62(87)75(23)52(41(11)12)64(89)76(53)24/h31,37-49,51-54,79H,25-30,32-36H2,1-24H3,(H,66,81)(H,67,80)(H,68,83)(H,69,82)/t42-,43-,44+,45-,46-,47+,48-,49+,51-,52-,53?,54-/m1/s1. The fourth-order valence-corrected chi connectivity index (χ4v) is 11.3. The molecule has 0 aromatic heterocycles. The number of amides is 11. The third-order valence-electron chi connectivity index (χ3n) is 17.2. The predicted molar refractivity (Wildman–Crippen MR) is 344 cm³/mol. The van der Waals surface area contributed by atoms with E-state index in [9.17, 15) is 48.3 Å². The van der Waals surface area contributed by atoms with Crippen LogP contribution in [0.4, 0.5) is 0 Å². The number of aliphatic hydroxyl groups is 1. The van der Waals surface area contributed by atoms with Crippen LogP contribution in [0.25, 0.3) is 0 Å². The Morgan fingerprint density at radius 3 is 1.50 bits per heavy atom. The summed E-state index contributed by atoms with van der Waals surface area (Å²) in [6.07, 6.45) is 1.62. The molecule has 1 heterocycles. The molecule has 5 N–H and O–H groups in total. The zero-order valence-corrected chi connectivity index (χ0v) is 59.1. The number of rotatable bonds is 20. The van der Waals surface area contributed by atoms with Crippen LogP contribution >= 0.6 is 0 Å². The van der Waals surface area contributed by atoms with Crippen LogP contribution in [0, 0.1) is 35.5 Å². The predicted octanol–water partition coefficient (Wildman–Crippen LogP) is 3.22. The molecular formula is C65H117N11O14. The minimum atomic E-state index is -1.61. The van der Waals surface area contributed by atoms with Crippen molar-refractivity contribution in [1.29, 1.82) is 0 Å². The largest absolute Gasteiger partial charge is 0.390 e. The first-order valence-electron chi connectivity index (χ1n) is 32.4. The van der Waals surface area contributed by atoms with Crippen molar-refractivity contribution in [2.75, 3.05) is 62.5 Å². The zero-order chi connectivity index (χ0) is 69.7. The van der Waals surface area contributed by atoms with Crippen LogP contribution in [0.3, 0.4) is 0 Å². The molecule has 0 aromatic rings. The van der Waals surface area contributed by atoms with Gasteiger partial charge in [0.2, 0.25) is 65.0 Å². The van der Waals surface area contributed by atoms with Crippen molar-refractivity contribution in [3.05, 3.63) is 0 Å². The molecule has 1 saturated heterocycles. The SMILES string of the molecule is CCCC[C@@H](C)[C@@H](O)C1C(=O)N[C@H](CC)C(=O)N(C)CC(=O)N(C)[C@@H](CC(C)(C)OCC=O)C(=O)N[C@H](C(C)C)C(=O)N(C)[C@H](CCC(C)C)C(=O)N[C@H](C)C(=O)N[C@@H](C)C(=O)N(C)[C@@H](CC(C)C)C(=O)N(C)[C@H](CC(C)C)C(=O)N(C)[C@H](C(C)C)C(=O)N1C. The van der Waals surface area contributed by atoms with Crippen molar-refractivity contribution in [2.24, 2.45) is 35.5 Å². The molecule has 0 spiro atoms. The summed E-state index contributed by atoms with van der Waals surface area (Å²) in [4.78, 5) is 181. The molecule has 1 unspecified atom stereocenters. The lowest BCUT2D eigenvalue weighted by Crippen LogP contribution is -2.63. The van der Waals surface area contributed by atoms with Gasteiger partial charge in [0, 0.05) is 55.8 Å². The topological polar surface area (TPSA) is 305 Å². The van der Waals surface area contributed by atoms with E-state index < -0.39 is 161 Å². The maximum absolute atomic E-state index is 15.2. The number of unbranched alkanes of at least 4 members (excludes halogenated alkanes) is 1. The van der Waals surface area contributed by atoms with Gasteiger partial charge in [-0.2, -0.15) is 0 Å². The Kier molecular flexibility index (Phi) is 33.9. The number of ether oxygens (including phenoxy) is 1. The minimum Gasteiger partial charge on any atom is -0.390 e. The van der Waals surface area contributed by atoms with Crippen molar-refractivity contribution >= 4 is 71.3 Å². The zero-order valence-electron chi connectivity index (χ0n) is 59.1. The number of likely N-dealkylation sites (N-methyl/N-ethyl adjacent to an activating group) is 7. The second kappa shape index (κ2) is 37.3. The third-order valence-corrected chi connectivity index (χ3v) is 17.2. The Morgan fingerprint density at radius 1 is 0.533 bits per heavy atom. The van der Waals surface area contributed by atoms with Crippen LogP contribution in [-0.4, -0.2) is 245 Å². The van der Waals surface area contributed by atoms with E-state index in [1.807, 2.05) is 48.5 Å². The highest BCUT2D eigenvalue weighted by Gasteiger charge is 2.46. The van der Waals surface area contributed by atoms with Gasteiger partial charge < -0.3 is 70.2 Å². The summed E-state index contributed by atoms with van der Waals surface area (Å²) in [6.45, 7) is 28.6. The molecule has 1 aliphatic heterocycles. The van der Waals surface area contributed by atoms with Gasteiger partial charge in [0.15, 0.2) is 0 Å². The Bertz CT molecular complexity index is 2440. The van der Waals surface area contributed by atoms with Crippen LogP contribution in [-0.2, 0) is 62.3 Å². The fourth-order valence-electron chi connectivity index (χ4n) is 11.3. The Balaban J connectivity index is 4.41. The molecule has 90 heavy (non-hydrogen) atoms. The number of nitrogens with zero attached hydrogens (tertiary/aromatic N) is 7. The Hall–Kier alpha value is -6.24. The van der Waals surface area contributed by atoms with Crippen LogP contribution in [0.1, 0.15) is 175 Å². The maximum Gasteiger partial charge on any atom is 0.246 e. The van der Waals surface area contributed by atoms with E-state index in [-0.39, 0.29) is 56.5 Å². The van der Waals surface area contributed by atoms with Crippen LogP contribution in [0.2, 0.25) is 0 Å². The molecule has 516 valence electrons. The lowest BCUT2D eigenvalue weighted by Gasteiger charge is -2.41. The van der Waals surface area contributed by atoms with E-state index in [0.717, 1.165) is 21.1 Å². The second-order valence-electron chi connectivity index (χ2n) is 27.6. The van der Waals surface area contributed by atoms with Gasteiger partial charge in [-0.15, -0.1) is 0 Å². The number of hydrogen-bond acceptors (Lipinski definition) is 14. The highest BCUT2D eigenvalue weighted by atomic mass is 16.5. The van der Waals surface area contributed by atoms with Gasteiger partial charge in [-0.25, -0.2) is 0 Å². The third kappa shape index (κ3) is 23.5. The smallest absolute Gasteiger partial charge is 0.246 e. The lowest BCUT2D eigenvalue weighted by atomic mass is 9.90. The molecule has 0 bridgehead atoms. The monoisotopic (exact) mass is 1280 g/mol. The quantitative estimate of drug-likeness (QED) is 0.109. The summed E-state index contributed by atoms with van der Waals surface area (Å²) in [7, 11) is 9.76. The number of nitrogens with one attached hydrogen (secondary N) is 4. The number of hydrogen-bond donors (Lipinski definition) is 5. The molecule has 12 atom stereocenters. The molecule has 1 rings (SSSR count). The van der Waals surface area contributed by atoms with E-state index in [4.69, 9.17) is 4.74 Å². The van der Waals surface area contributed by atoms with E-state index in [2.05, 4.69) is 21.3 Å². The summed E-state index contributed by atoms with van der Waals surface area (Å²) >= 11 is 0. The Morgan fingerprint density at radius 2 is 1.02 bits per heavy atom. The van der Waals surface area contributed by atoms with Crippen molar-refractivity contribution in [3.63, 3.8) is 0 Å². The number of aliphatic hydroxyl groups excluding tert-OH is 1. The number of carbonyl (C=O) groups is 12. The van der Waals surface area contributed by atoms with E-state index >= 15 is 14.4 Å². The molecule has 0 radical (unpaired) electrons. The first-order chi connectivity index (χ1) is 41.6. The summed E-state index contributed by atoms with van der Waals surface area (Å²) < 4.78 is 5.80. The van der Waals surface area contributed by atoms with Crippen LogP contribution < -0.4 is 21.3 Å². The molecule has 1 fully saturated rings. The van der Waals surface area contributed by atoms with E-state index in [1.165, 1.54) is 82.8 Å². The van der Waals surface area contributed by atoms with Gasteiger partial charge in [-0.3, -0.25) is 52.7 Å². The first-order valence-corrected chi connectivity index (χ1v) is 32.4. The van der Waals surface area contributed by atoms with E-state index in [1.54, 1.807) is 55.4 Å². The molecule has 11 amide bonds. The van der Waals surface area contributed by atoms with Crippen LogP contribution in [0.15, 0.2) is 0 Å². The summed E-state index contributed by atoms with van der Waals surface area (Å²) in [6, 6.07) is -12.9. The van der Waals surface area contributed by atoms with Gasteiger partial charge in [0.25, 0.3) is 0 Å². The molecule has 1 aliphatic rings. The first kappa shape index (κ1) is 81.8. The number of aldehydes is 1. The molecule has 25 nitrogen and oxygen atoms in total. The summed E-state index contributed by atoms with van der Waals surface area (Å²) in [5.41, 5.74) is -1.23. The fraction of sp³-hybridized carbons (Fsp3) is 0.815. The molecular weight excluding hydrogens is 1160 g/mol. The van der Waals surface area contributed by atoms with Gasteiger partial charge >= 0.3 is 0 Å². The van der Waals surface area contributed by atoms with Gasteiger partial charge in [0.05, 0.1) is 18.2 Å². The van der Waals surface area contributed by atoms with Crippen LogP contribution in [0.5, 0.6) is 0 Å². The summed E-state index contributed by atoms with van der Waals surface area (Å²) in [5, 5.41) is 23.1. The van der Waals surface area contributed by atoms with Crippen molar-refractivity contribution in [1.82, 2.24) is 55.6 Å². The van der Waals surface area contributed by atoms with Crippen molar-refractivity contribution < 1.29 is 67.4 Å². The molecule has 25 heteroatoms. The highest BCUT2D eigenvalue weighted by molar-refractivity contribution is 5.99. The van der Waals surface area contributed by atoms with E-state index in [0.29, 0.717) is 25.5 Å². The Labute approximate surface area is 537 Å².